The van der Waals surface area contributed by atoms with Gasteiger partial charge in [-0.25, -0.2) is 13.9 Å². The minimum Gasteiger partial charge on any atom is -0.377 e. The van der Waals surface area contributed by atoms with E-state index < -0.39 is 12.2 Å². The third kappa shape index (κ3) is 3.81. The molecule has 3 heterocycles. The Kier molecular flexibility index (Phi) is 5.62. The van der Waals surface area contributed by atoms with Gasteiger partial charge in [0.2, 0.25) is 0 Å². The Labute approximate surface area is 162 Å². The van der Waals surface area contributed by atoms with Crippen LogP contribution < -0.4 is 11.1 Å². The molecule has 3 aromatic rings. The van der Waals surface area contributed by atoms with Crippen molar-refractivity contribution in [2.24, 2.45) is 5.73 Å². The number of nitrogens with zero attached hydrogens (tertiary/aromatic N) is 3. The maximum Gasteiger partial charge on any atom is 0.152 e. The zero-order chi connectivity index (χ0) is 18.1. The molecule has 0 fully saturated rings. The van der Waals surface area contributed by atoms with E-state index in [1.165, 1.54) is 6.92 Å². The third-order valence-electron chi connectivity index (χ3n) is 4.11. The fourth-order valence-corrected chi connectivity index (χ4v) is 4.14. The molecule has 0 aliphatic carbocycles. The summed E-state index contributed by atoms with van der Waals surface area (Å²) in [5.74, 6) is 0. The van der Waals surface area contributed by atoms with Gasteiger partial charge in [-0.1, -0.05) is 11.6 Å². The second kappa shape index (κ2) is 7.57. The number of rotatable bonds is 6. The maximum absolute atomic E-state index is 13.5. The van der Waals surface area contributed by atoms with Gasteiger partial charge in [-0.05, 0) is 47.3 Å². The average Bonchev–Trinajstić information content (AvgIpc) is 3.15. The molecule has 0 aromatic carbocycles. The second-order valence-corrected chi connectivity index (χ2v) is 7.98. The lowest BCUT2D eigenvalue weighted by Crippen LogP contribution is -2.31. The van der Waals surface area contributed by atoms with Crippen LogP contribution in [0.25, 0.3) is 5.52 Å². The molecular weight excluding hydrogens is 429 g/mol. The summed E-state index contributed by atoms with van der Waals surface area (Å²) in [5, 5.41) is 11.0. The van der Waals surface area contributed by atoms with Crippen molar-refractivity contribution >= 4 is 50.1 Å². The lowest BCUT2D eigenvalue weighted by atomic mass is 10.0. The van der Waals surface area contributed by atoms with Crippen molar-refractivity contribution in [3.05, 3.63) is 43.5 Å². The Morgan fingerprint density at radius 2 is 2.28 bits per heavy atom. The molecular formula is C16H18BrClFN5S. The van der Waals surface area contributed by atoms with Gasteiger partial charge in [0.25, 0.3) is 0 Å². The van der Waals surface area contributed by atoms with Crippen LogP contribution in [0.2, 0.25) is 5.15 Å². The largest absolute Gasteiger partial charge is 0.377 e. The number of aromatic nitrogens is 3. The van der Waals surface area contributed by atoms with Crippen LogP contribution >= 0.6 is 38.9 Å². The highest BCUT2D eigenvalue weighted by molar-refractivity contribution is 9.10. The Morgan fingerprint density at radius 1 is 1.52 bits per heavy atom. The number of thiazole rings is 1. The number of aryl methyl sites for hydroxylation is 1. The van der Waals surface area contributed by atoms with Gasteiger partial charge in [0.15, 0.2) is 5.15 Å². The summed E-state index contributed by atoms with van der Waals surface area (Å²) in [5.41, 5.74) is 9.59. The molecule has 0 amide bonds. The van der Waals surface area contributed by atoms with Gasteiger partial charge in [0.1, 0.15) is 15.8 Å². The molecule has 0 aliphatic rings. The van der Waals surface area contributed by atoms with E-state index in [0.29, 0.717) is 18.1 Å². The zero-order valence-electron chi connectivity index (χ0n) is 13.8. The molecule has 0 saturated carbocycles. The Bertz CT molecular complexity index is 881. The van der Waals surface area contributed by atoms with Crippen LogP contribution in [0.3, 0.4) is 0 Å². The molecule has 25 heavy (non-hydrogen) atoms. The molecule has 3 N–H and O–H groups in total. The predicted octanol–water partition coefficient (Wildman–Crippen LogP) is 4.36. The first-order valence-electron chi connectivity index (χ1n) is 7.76. The minimum atomic E-state index is -1.09. The molecule has 0 radical (unpaired) electrons. The smallest absolute Gasteiger partial charge is 0.152 e. The standard InChI is InChI=1S/C16H18BrClFN5S/c1-8-10(5-11(20)9(2)19)16(17)24-15(8)12(6-13(18)23-24)22-7-14-21-3-4-25-14/h3-4,6,9,11,22H,5,7,20H2,1-2H3/t9-,11+/m0/s1. The molecule has 134 valence electrons. The lowest BCUT2D eigenvalue weighted by molar-refractivity contribution is 0.304. The SMILES string of the molecule is Cc1c(C[C@@H](N)[C@H](C)F)c(Br)n2nc(Cl)cc(NCc3nccs3)c12. The van der Waals surface area contributed by atoms with Crippen molar-refractivity contribution in [1.29, 1.82) is 0 Å². The van der Waals surface area contributed by atoms with Crippen LogP contribution in [0, 0.1) is 6.92 Å². The number of alkyl halides is 1. The average molecular weight is 447 g/mol. The molecule has 2 atom stereocenters. The van der Waals surface area contributed by atoms with E-state index in [-0.39, 0.29) is 0 Å². The number of anilines is 1. The van der Waals surface area contributed by atoms with Gasteiger partial charge in [0.05, 0.1) is 17.7 Å². The van der Waals surface area contributed by atoms with Crippen molar-refractivity contribution in [3.8, 4) is 0 Å². The normalized spacial score (nSPS) is 14.0. The second-order valence-electron chi connectivity index (χ2n) is 5.86. The van der Waals surface area contributed by atoms with E-state index >= 15 is 0 Å². The highest BCUT2D eigenvalue weighted by Gasteiger charge is 2.22. The first-order valence-corrected chi connectivity index (χ1v) is 9.81. The molecule has 0 spiro atoms. The number of hydrogen-bond donors (Lipinski definition) is 2. The van der Waals surface area contributed by atoms with Gasteiger partial charge < -0.3 is 11.1 Å². The molecule has 9 heteroatoms. The summed E-state index contributed by atoms with van der Waals surface area (Å²) in [6.45, 7) is 4.04. The van der Waals surface area contributed by atoms with Crippen LogP contribution in [0.15, 0.2) is 22.2 Å². The van der Waals surface area contributed by atoms with E-state index in [0.717, 1.165) is 31.9 Å². The number of halogens is 3. The molecule has 3 aromatic heterocycles. The van der Waals surface area contributed by atoms with Gasteiger partial charge in [0, 0.05) is 23.7 Å². The quantitative estimate of drug-likeness (QED) is 0.590. The maximum atomic E-state index is 13.5. The Morgan fingerprint density at radius 3 is 2.92 bits per heavy atom. The Hall–Kier alpha value is -1.22. The van der Waals surface area contributed by atoms with Crippen molar-refractivity contribution in [3.63, 3.8) is 0 Å². The fourth-order valence-electron chi connectivity index (χ4n) is 2.69. The number of hydrogen-bond acceptors (Lipinski definition) is 5. The van der Waals surface area contributed by atoms with E-state index in [9.17, 15) is 4.39 Å². The van der Waals surface area contributed by atoms with Gasteiger partial charge >= 0.3 is 0 Å². The van der Waals surface area contributed by atoms with E-state index in [1.807, 2.05) is 12.3 Å². The first-order chi connectivity index (χ1) is 11.9. The number of nitrogens with one attached hydrogen (secondary N) is 1. The molecule has 5 nitrogen and oxygen atoms in total. The van der Waals surface area contributed by atoms with Gasteiger partial charge in [-0.3, -0.25) is 0 Å². The van der Waals surface area contributed by atoms with Crippen molar-refractivity contribution in [2.45, 2.75) is 39.0 Å². The zero-order valence-corrected chi connectivity index (χ0v) is 16.9. The van der Waals surface area contributed by atoms with Crippen LogP contribution in [-0.2, 0) is 13.0 Å². The molecule has 3 rings (SSSR count). The summed E-state index contributed by atoms with van der Waals surface area (Å²) in [7, 11) is 0. The molecule has 0 saturated heterocycles. The van der Waals surface area contributed by atoms with Crippen LogP contribution in [0.5, 0.6) is 0 Å². The van der Waals surface area contributed by atoms with E-state index in [1.54, 1.807) is 28.1 Å². The van der Waals surface area contributed by atoms with Crippen LogP contribution in [0.1, 0.15) is 23.1 Å². The van der Waals surface area contributed by atoms with Crippen molar-refractivity contribution in [2.75, 3.05) is 5.32 Å². The molecule has 0 aliphatic heterocycles. The fraction of sp³-hybridized carbons (Fsp3) is 0.375. The van der Waals surface area contributed by atoms with Crippen LogP contribution in [-0.4, -0.2) is 26.8 Å². The molecule has 0 bridgehead atoms. The monoisotopic (exact) mass is 445 g/mol. The molecule has 0 unspecified atom stereocenters. The third-order valence-corrected chi connectivity index (χ3v) is 5.89. The van der Waals surface area contributed by atoms with Crippen LogP contribution in [0.4, 0.5) is 10.1 Å². The summed E-state index contributed by atoms with van der Waals surface area (Å²) in [6, 6.07) is 1.21. The van der Waals surface area contributed by atoms with Gasteiger partial charge in [-0.2, -0.15) is 5.10 Å². The van der Waals surface area contributed by atoms with Crippen molar-refractivity contribution in [1.82, 2.24) is 14.6 Å². The van der Waals surface area contributed by atoms with E-state index in [2.05, 4.69) is 31.3 Å². The number of fused-ring (bicyclic) bond motifs is 1. The lowest BCUT2D eigenvalue weighted by Gasteiger charge is -2.12. The number of nitrogens with two attached hydrogens (primary N) is 1. The van der Waals surface area contributed by atoms with E-state index in [4.69, 9.17) is 17.3 Å². The van der Waals surface area contributed by atoms with Gasteiger partial charge in [-0.15, -0.1) is 11.3 Å². The Balaban J connectivity index is 2.02. The summed E-state index contributed by atoms with van der Waals surface area (Å²) >= 11 is 11.3. The minimum absolute atomic E-state index is 0.361. The summed E-state index contributed by atoms with van der Waals surface area (Å²) < 4.78 is 16.0. The first kappa shape index (κ1) is 18.6. The summed E-state index contributed by atoms with van der Waals surface area (Å²) in [4.78, 5) is 4.27. The van der Waals surface area contributed by atoms with Crippen molar-refractivity contribution < 1.29 is 4.39 Å². The highest BCUT2D eigenvalue weighted by Crippen LogP contribution is 2.34. The predicted molar refractivity (Wildman–Crippen MR) is 104 cm³/mol. The summed E-state index contributed by atoms with van der Waals surface area (Å²) in [6.07, 6.45) is 1.10. The highest BCUT2D eigenvalue weighted by atomic mass is 79.9. The topological polar surface area (TPSA) is 68.2 Å².